The zero-order valence-electron chi connectivity index (χ0n) is 12.8. The Kier molecular flexibility index (Phi) is 6.40. The van der Waals surface area contributed by atoms with Crippen LogP contribution in [0.2, 0.25) is 0 Å². The molecule has 1 fully saturated rings. The molecule has 0 bridgehead atoms. The molecule has 1 aliphatic heterocycles. The molecular weight excluding hydrogens is 280 g/mol. The average Bonchev–Trinajstić information content (AvgIpc) is 2.56. The van der Waals surface area contributed by atoms with Gasteiger partial charge in [0.05, 0.1) is 6.42 Å². The second kappa shape index (κ2) is 8.54. The second-order valence-electron chi connectivity index (χ2n) is 5.91. The summed E-state index contributed by atoms with van der Waals surface area (Å²) in [6.07, 6.45) is 4.61. The van der Waals surface area contributed by atoms with Crippen molar-refractivity contribution in [2.45, 2.75) is 38.5 Å². The Balaban J connectivity index is 1.68. The lowest BCUT2D eigenvalue weighted by Crippen LogP contribution is -2.39. The summed E-state index contributed by atoms with van der Waals surface area (Å²) in [7, 11) is 0. The molecule has 22 heavy (non-hydrogen) atoms. The number of likely N-dealkylation sites (tertiary alicyclic amines) is 1. The van der Waals surface area contributed by atoms with E-state index in [1.165, 1.54) is 0 Å². The van der Waals surface area contributed by atoms with Crippen molar-refractivity contribution in [3.8, 4) is 0 Å². The van der Waals surface area contributed by atoms with E-state index in [4.69, 9.17) is 5.21 Å². The number of piperidine rings is 1. The summed E-state index contributed by atoms with van der Waals surface area (Å²) in [5.41, 5.74) is 2.72. The third-order valence-electron chi connectivity index (χ3n) is 4.31. The van der Waals surface area contributed by atoms with Crippen molar-refractivity contribution in [2.24, 2.45) is 5.92 Å². The van der Waals surface area contributed by atoms with Gasteiger partial charge in [-0.15, -0.1) is 0 Å². The molecule has 0 unspecified atom stereocenters. The van der Waals surface area contributed by atoms with Gasteiger partial charge in [0, 0.05) is 19.5 Å². The highest BCUT2D eigenvalue weighted by molar-refractivity contribution is 5.78. The Hall–Kier alpha value is -1.88. The van der Waals surface area contributed by atoms with Crippen molar-refractivity contribution in [1.29, 1.82) is 0 Å². The number of hydrogen-bond donors (Lipinski definition) is 2. The van der Waals surface area contributed by atoms with Crippen LogP contribution in [0.15, 0.2) is 30.3 Å². The molecule has 1 aromatic rings. The number of benzene rings is 1. The molecule has 2 rings (SSSR count). The second-order valence-corrected chi connectivity index (χ2v) is 5.91. The van der Waals surface area contributed by atoms with Gasteiger partial charge in [-0.05, 0) is 37.2 Å². The minimum atomic E-state index is -0.324. The molecule has 5 heteroatoms. The Morgan fingerprint density at radius 1 is 1.18 bits per heavy atom. The van der Waals surface area contributed by atoms with E-state index in [0.29, 0.717) is 18.8 Å². The number of amides is 2. The van der Waals surface area contributed by atoms with Crippen molar-refractivity contribution < 1.29 is 14.8 Å². The molecule has 1 aliphatic rings. The molecule has 0 atom stereocenters. The van der Waals surface area contributed by atoms with Gasteiger partial charge in [-0.3, -0.25) is 14.8 Å². The van der Waals surface area contributed by atoms with Crippen molar-refractivity contribution in [3.63, 3.8) is 0 Å². The fourth-order valence-corrected chi connectivity index (χ4v) is 2.96. The monoisotopic (exact) mass is 304 g/mol. The van der Waals surface area contributed by atoms with Gasteiger partial charge < -0.3 is 4.90 Å². The topological polar surface area (TPSA) is 69.6 Å². The number of hydrogen-bond acceptors (Lipinski definition) is 3. The van der Waals surface area contributed by atoms with Crippen molar-refractivity contribution >= 4 is 11.8 Å². The lowest BCUT2D eigenvalue weighted by Gasteiger charge is -2.32. The summed E-state index contributed by atoms with van der Waals surface area (Å²) in [5.74, 6) is 0.451. The molecule has 0 aromatic heterocycles. The lowest BCUT2D eigenvalue weighted by molar-refractivity contribution is -0.131. The summed E-state index contributed by atoms with van der Waals surface area (Å²) in [4.78, 5) is 25.2. The highest BCUT2D eigenvalue weighted by Crippen LogP contribution is 2.23. The van der Waals surface area contributed by atoms with Gasteiger partial charge in [0.1, 0.15) is 0 Å². The van der Waals surface area contributed by atoms with Crippen LogP contribution >= 0.6 is 0 Å². The maximum Gasteiger partial charge on any atom is 0.243 e. The van der Waals surface area contributed by atoms with Gasteiger partial charge >= 0.3 is 0 Å². The number of hydroxylamine groups is 1. The molecule has 0 spiro atoms. The van der Waals surface area contributed by atoms with Gasteiger partial charge in [0.25, 0.3) is 0 Å². The van der Waals surface area contributed by atoms with Crippen LogP contribution < -0.4 is 5.48 Å². The predicted molar refractivity (Wildman–Crippen MR) is 83.2 cm³/mol. The number of nitrogens with one attached hydrogen (secondary N) is 1. The summed E-state index contributed by atoms with van der Waals surface area (Å²) in [6, 6.07) is 9.83. The minimum Gasteiger partial charge on any atom is -0.342 e. The third kappa shape index (κ3) is 5.15. The predicted octanol–water partition coefficient (Wildman–Crippen LogP) is 2.14. The standard InChI is InChI=1S/C17H24N2O3/c20-16(18-22)8-4-7-14-9-11-19(12-10-14)17(21)13-15-5-2-1-3-6-15/h1-3,5-6,14,22H,4,7-13H2,(H,18,20). The number of nitrogens with zero attached hydrogens (tertiary/aromatic N) is 1. The van der Waals surface area contributed by atoms with Crippen LogP contribution in [-0.2, 0) is 16.0 Å². The SMILES string of the molecule is O=C(CCCC1CCN(C(=O)Cc2ccccc2)CC1)NO. The van der Waals surface area contributed by atoms with Crippen molar-refractivity contribution in [1.82, 2.24) is 10.4 Å². The summed E-state index contributed by atoms with van der Waals surface area (Å²) in [6.45, 7) is 1.62. The lowest BCUT2D eigenvalue weighted by atomic mass is 9.91. The highest BCUT2D eigenvalue weighted by atomic mass is 16.5. The van der Waals surface area contributed by atoms with Crippen molar-refractivity contribution in [2.75, 3.05) is 13.1 Å². The molecule has 1 heterocycles. The van der Waals surface area contributed by atoms with Crippen molar-refractivity contribution in [3.05, 3.63) is 35.9 Å². The molecule has 0 radical (unpaired) electrons. The Morgan fingerprint density at radius 2 is 1.86 bits per heavy atom. The largest absolute Gasteiger partial charge is 0.342 e. The minimum absolute atomic E-state index is 0.198. The van der Waals surface area contributed by atoms with E-state index in [-0.39, 0.29) is 11.8 Å². The Labute approximate surface area is 131 Å². The molecule has 2 amide bonds. The smallest absolute Gasteiger partial charge is 0.243 e. The van der Waals surface area contributed by atoms with E-state index < -0.39 is 0 Å². The first-order chi connectivity index (χ1) is 10.7. The highest BCUT2D eigenvalue weighted by Gasteiger charge is 2.22. The van der Waals surface area contributed by atoms with Gasteiger partial charge in [0.15, 0.2) is 0 Å². The van der Waals surface area contributed by atoms with Gasteiger partial charge in [0.2, 0.25) is 11.8 Å². The molecule has 5 nitrogen and oxygen atoms in total. The summed E-state index contributed by atoms with van der Waals surface area (Å²) >= 11 is 0. The fourth-order valence-electron chi connectivity index (χ4n) is 2.96. The van der Waals surface area contributed by atoms with E-state index >= 15 is 0 Å². The maximum atomic E-state index is 12.3. The van der Waals surface area contributed by atoms with Gasteiger partial charge in [-0.1, -0.05) is 30.3 Å². The van der Waals surface area contributed by atoms with Crippen LogP contribution in [0.3, 0.4) is 0 Å². The quantitative estimate of drug-likeness (QED) is 0.625. The molecule has 2 N–H and O–H groups in total. The van der Waals surface area contributed by atoms with E-state index in [9.17, 15) is 9.59 Å². The number of carbonyl (C=O) groups excluding carboxylic acids is 2. The van der Waals surface area contributed by atoms with E-state index in [2.05, 4.69) is 0 Å². The van der Waals surface area contributed by atoms with Crippen LogP contribution in [0.4, 0.5) is 0 Å². The molecule has 1 saturated heterocycles. The van der Waals surface area contributed by atoms with Crippen LogP contribution in [-0.4, -0.2) is 35.0 Å². The van der Waals surface area contributed by atoms with E-state index in [1.54, 1.807) is 5.48 Å². The molecule has 1 aromatic carbocycles. The fraction of sp³-hybridized carbons (Fsp3) is 0.529. The first-order valence-corrected chi connectivity index (χ1v) is 7.93. The van der Waals surface area contributed by atoms with Crippen LogP contribution in [0.5, 0.6) is 0 Å². The first kappa shape index (κ1) is 16.5. The molecule has 120 valence electrons. The Bertz CT molecular complexity index is 482. The number of rotatable bonds is 6. The van der Waals surface area contributed by atoms with Gasteiger partial charge in [-0.2, -0.15) is 0 Å². The summed E-state index contributed by atoms with van der Waals surface area (Å²) in [5, 5.41) is 8.44. The van der Waals surface area contributed by atoms with Gasteiger partial charge in [-0.25, -0.2) is 5.48 Å². The molecule has 0 aliphatic carbocycles. The van der Waals surface area contributed by atoms with Crippen LogP contribution in [0, 0.1) is 5.92 Å². The van der Waals surface area contributed by atoms with Crippen LogP contribution in [0.25, 0.3) is 0 Å². The normalized spacial score (nSPS) is 15.6. The van der Waals surface area contributed by atoms with E-state index in [1.807, 2.05) is 35.2 Å². The summed E-state index contributed by atoms with van der Waals surface area (Å²) < 4.78 is 0. The zero-order chi connectivity index (χ0) is 15.8. The zero-order valence-corrected chi connectivity index (χ0v) is 12.8. The maximum absolute atomic E-state index is 12.3. The number of carbonyl (C=O) groups is 2. The third-order valence-corrected chi connectivity index (χ3v) is 4.31. The van der Waals surface area contributed by atoms with Crippen LogP contribution in [0.1, 0.15) is 37.7 Å². The molecule has 0 saturated carbocycles. The van der Waals surface area contributed by atoms with E-state index in [0.717, 1.165) is 44.3 Å². The first-order valence-electron chi connectivity index (χ1n) is 7.93. The Morgan fingerprint density at radius 3 is 2.50 bits per heavy atom. The average molecular weight is 304 g/mol. The molecular formula is C17H24N2O3.